The number of nitrogens with zero attached hydrogens (tertiary/aromatic N) is 1. The first-order valence-corrected chi connectivity index (χ1v) is 10.4. The van der Waals surface area contributed by atoms with Gasteiger partial charge in [0.2, 0.25) is 0 Å². The van der Waals surface area contributed by atoms with Gasteiger partial charge in [-0.3, -0.25) is 0 Å². The molecule has 2 aromatic rings. The van der Waals surface area contributed by atoms with Gasteiger partial charge in [-0.2, -0.15) is 13.2 Å². The maximum Gasteiger partial charge on any atom is 0.433 e. The van der Waals surface area contributed by atoms with E-state index in [-0.39, 0.29) is 0 Å². The van der Waals surface area contributed by atoms with Gasteiger partial charge in [0, 0.05) is 4.90 Å². The summed E-state index contributed by atoms with van der Waals surface area (Å²) in [7, 11) is 0. The Labute approximate surface area is 169 Å². The molecular formula is C23H26F3NS. The number of hydrogen-bond acceptors (Lipinski definition) is 2. The summed E-state index contributed by atoms with van der Waals surface area (Å²) in [5.74, 6) is 0. The molecular weight excluding hydrogens is 379 g/mol. The molecule has 0 amide bonds. The Morgan fingerprint density at radius 1 is 0.964 bits per heavy atom. The molecule has 1 nitrogen and oxygen atoms in total. The number of aryl methyl sites for hydroxylation is 1. The van der Waals surface area contributed by atoms with E-state index in [1.54, 1.807) is 30.3 Å². The molecule has 0 bridgehead atoms. The van der Waals surface area contributed by atoms with Crippen LogP contribution in [0, 0.1) is 6.92 Å². The summed E-state index contributed by atoms with van der Waals surface area (Å²) >= 11 is 1.39. The van der Waals surface area contributed by atoms with Crippen LogP contribution in [0.4, 0.5) is 18.9 Å². The van der Waals surface area contributed by atoms with Crippen molar-refractivity contribution in [3.63, 3.8) is 0 Å². The fraction of sp³-hybridized carbons (Fsp3) is 0.348. The van der Waals surface area contributed by atoms with E-state index in [2.05, 4.69) is 11.9 Å². The molecule has 0 spiro atoms. The summed E-state index contributed by atoms with van der Waals surface area (Å²) in [6.07, 6.45) is 1.39. The van der Waals surface area contributed by atoms with Gasteiger partial charge in [0.05, 0.1) is 5.69 Å². The number of halogens is 3. The van der Waals surface area contributed by atoms with Crippen LogP contribution in [0.1, 0.15) is 44.6 Å². The molecule has 150 valence electrons. The van der Waals surface area contributed by atoms with Gasteiger partial charge in [0.25, 0.3) is 0 Å². The molecule has 0 aliphatic heterocycles. The second-order valence-electron chi connectivity index (χ2n) is 6.67. The molecule has 5 heteroatoms. The number of aliphatic imine (C=N–C) groups is 1. The molecule has 0 fully saturated rings. The third-order valence-electron chi connectivity index (χ3n) is 4.14. The first-order valence-electron chi connectivity index (χ1n) is 9.54. The van der Waals surface area contributed by atoms with E-state index in [1.807, 2.05) is 31.2 Å². The van der Waals surface area contributed by atoms with Crippen molar-refractivity contribution in [2.45, 2.75) is 57.0 Å². The third kappa shape index (κ3) is 7.93. The summed E-state index contributed by atoms with van der Waals surface area (Å²) in [6.45, 7) is 4.11. The molecule has 2 rings (SSSR count). The molecule has 0 atom stereocenters. The molecule has 0 saturated carbocycles. The fourth-order valence-corrected chi connectivity index (χ4v) is 3.60. The highest BCUT2D eigenvalue weighted by molar-refractivity contribution is 8.03. The molecule has 0 aromatic heterocycles. The highest BCUT2D eigenvalue weighted by Gasteiger charge is 2.34. The standard InChI is InChI=1S/C23H26F3NS/c1-3-4-5-9-12-21(28-20-15-13-18(2)14-16-20)17-22(23(24,25)26)27-19-10-7-6-8-11-19/h6-8,10-11,13-17H,3-5,9,12H2,1-2H3/b21-17-,27-22?. The lowest BCUT2D eigenvalue weighted by Crippen LogP contribution is -2.21. The molecule has 0 N–H and O–H groups in total. The highest BCUT2D eigenvalue weighted by Crippen LogP contribution is 2.33. The molecule has 0 saturated heterocycles. The van der Waals surface area contributed by atoms with E-state index in [0.29, 0.717) is 17.0 Å². The van der Waals surface area contributed by atoms with E-state index >= 15 is 0 Å². The zero-order valence-electron chi connectivity index (χ0n) is 16.3. The molecule has 28 heavy (non-hydrogen) atoms. The van der Waals surface area contributed by atoms with Gasteiger partial charge < -0.3 is 0 Å². The monoisotopic (exact) mass is 405 g/mol. The first-order chi connectivity index (χ1) is 13.4. The zero-order chi connectivity index (χ0) is 20.4. The average Bonchev–Trinajstić information content (AvgIpc) is 2.66. The van der Waals surface area contributed by atoms with Crippen molar-refractivity contribution in [1.29, 1.82) is 0 Å². The van der Waals surface area contributed by atoms with Gasteiger partial charge in [-0.15, -0.1) is 0 Å². The number of para-hydroxylation sites is 1. The van der Waals surface area contributed by atoms with Crippen molar-refractivity contribution in [2.24, 2.45) is 4.99 Å². The number of rotatable bonds is 9. The highest BCUT2D eigenvalue weighted by atomic mass is 32.2. The minimum atomic E-state index is -4.50. The fourth-order valence-electron chi connectivity index (χ4n) is 2.61. The van der Waals surface area contributed by atoms with Gasteiger partial charge in [0.1, 0.15) is 5.71 Å². The van der Waals surface area contributed by atoms with Gasteiger partial charge >= 0.3 is 6.18 Å². The number of thioether (sulfide) groups is 1. The van der Waals surface area contributed by atoms with Gasteiger partial charge in [-0.05, 0) is 55.0 Å². The lowest BCUT2D eigenvalue weighted by Gasteiger charge is -2.12. The third-order valence-corrected chi connectivity index (χ3v) is 5.23. The van der Waals surface area contributed by atoms with Gasteiger partial charge in [-0.1, -0.05) is 73.8 Å². The summed E-state index contributed by atoms with van der Waals surface area (Å²) < 4.78 is 40.8. The Kier molecular flexibility index (Phi) is 8.84. The van der Waals surface area contributed by atoms with Crippen molar-refractivity contribution in [2.75, 3.05) is 0 Å². The summed E-state index contributed by atoms with van der Waals surface area (Å²) in [5, 5.41) is 0. The van der Waals surface area contributed by atoms with Crippen LogP contribution in [-0.2, 0) is 0 Å². The number of hydrogen-bond donors (Lipinski definition) is 0. The summed E-state index contributed by atoms with van der Waals surface area (Å²) in [5.41, 5.74) is 0.569. The lowest BCUT2D eigenvalue weighted by molar-refractivity contribution is -0.0576. The molecule has 0 aliphatic carbocycles. The van der Waals surface area contributed by atoms with Gasteiger partial charge in [-0.25, -0.2) is 4.99 Å². The second kappa shape index (κ2) is 11.1. The van der Waals surface area contributed by atoms with Crippen LogP contribution < -0.4 is 0 Å². The topological polar surface area (TPSA) is 12.4 Å². The molecule has 2 aromatic carbocycles. The van der Waals surface area contributed by atoms with Crippen LogP contribution >= 0.6 is 11.8 Å². The molecule has 0 unspecified atom stereocenters. The first kappa shape index (κ1) is 22.3. The maximum atomic E-state index is 13.6. The lowest BCUT2D eigenvalue weighted by atomic mass is 10.1. The Balaban J connectivity index is 2.31. The van der Waals surface area contributed by atoms with Crippen LogP contribution in [0.15, 0.2) is 75.5 Å². The van der Waals surface area contributed by atoms with E-state index in [0.717, 1.165) is 36.1 Å². The van der Waals surface area contributed by atoms with Crippen molar-refractivity contribution in [1.82, 2.24) is 0 Å². The minimum Gasteiger partial charge on any atom is -0.244 e. The second-order valence-corrected chi connectivity index (χ2v) is 7.87. The van der Waals surface area contributed by atoms with Crippen molar-refractivity contribution in [3.05, 3.63) is 71.1 Å². The van der Waals surface area contributed by atoms with Crippen LogP contribution in [0.25, 0.3) is 0 Å². The van der Waals surface area contributed by atoms with Crippen LogP contribution in [0.2, 0.25) is 0 Å². The normalized spacial score (nSPS) is 13.0. The Morgan fingerprint density at radius 3 is 2.25 bits per heavy atom. The van der Waals surface area contributed by atoms with Crippen LogP contribution in [0.3, 0.4) is 0 Å². The Morgan fingerprint density at radius 2 is 1.64 bits per heavy atom. The summed E-state index contributed by atoms with van der Waals surface area (Å²) in [6, 6.07) is 16.1. The maximum absolute atomic E-state index is 13.6. The van der Waals surface area contributed by atoms with E-state index in [1.165, 1.54) is 17.8 Å². The van der Waals surface area contributed by atoms with E-state index in [9.17, 15) is 13.2 Å². The molecule has 0 heterocycles. The largest absolute Gasteiger partial charge is 0.433 e. The Hall–Kier alpha value is -2.01. The number of allylic oxidation sites excluding steroid dienone is 2. The smallest absolute Gasteiger partial charge is 0.244 e. The molecule has 0 radical (unpaired) electrons. The van der Waals surface area contributed by atoms with Crippen LogP contribution in [-0.4, -0.2) is 11.9 Å². The van der Waals surface area contributed by atoms with E-state index < -0.39 is 11.9 Å². The number of unbranched alkanes of at least 4 members (excludes halogenated alkanes) is 3. The minimum absolute atomic E-state index is 0.303. The SMILES string of the molecule is CCCCCC/C(=C/C(=Nc1ccccc1)C(F)(F)F)Sc1ccc(C)cc1. The quantitative estimate of drug-likeness (QED) is 0.232. The van der Waals surface area contributed by atoms with Crippen molar-refractivity contribution >= 4 is 23.2 Å². The number of alkyl halides is 3. The van der Waals surface area contributed by atoms with Crippen molar-refractivity contribution < 1.29 is 13.2 Å². The van der Waals surface area contributed by atoms with Crippen LogP contribution in [0.5, 0.6) is 0 Å². The Bertz CT molecular complexity index is 778. The molecule has 0 aliphatic rings. The van der Waals surface area contributed by atoms with Gasteiger partial charge in [0.15, 0.2) is 0 Å². The summed E-state index contributed by atoms with van der Waals surface area (Å²) in [4.78, 5) is 5.50. The van der Waals surface area contributed by atoms with Crippen molar-refractivity contribution in [3.8, 4) is 0 Å². The average molecular weight is 406 g/mol. The predicted molar refractivity (Wildman–Crippen MR) is 113 cm³/mol. The van der Waals surface area contributed by atoms with E-state index in [4.69, 9.17) is 0 Å². The number of benzene rings is 2. The zero-order valence-corrected chi connectivity index (χ0v) is 17.1. The predicted octanol–water partition coefficient (Wildman–Crippen LogP) is 8.28.